The number of benzene rings is 3. The third-order valence-electron chi connectivity index (χ3n) is 9.06. The van der Waals surface area contributed by atoms with E-state index in [2.05, 4.69) is 21.3 Å². The molecule has 0 saturated heterocycles. The molecule has 0 aromatic heterocycles. The molecule has 3 unspecified atom stereocenters. The molecule has 308 valence electrons. The minimum atomic E-state index is -1.45. The standard InChI is InChI=1S/C44H60N6O7/c1-6-8-25-46-36(27-33-20-14-10-15-21-33)42(56)49(38(51)29-47-41(55)35(45-24-7-2)26-32-18-12-9-13-19-32)30-39(52)50(31-40(53)54)43(57)37(48-44(3,4)5)28-34-22-16-11-17-23-34/h9-23,35-37,45-46,48H,6-8,24-31H2,1-5H3,(H,47,55)(H,53,54). The van der Waals surface area contributed by atoms with Crippen molar-refractivity contribution in [2.75, 3.05) is 32.7 Å². The van der Waals surface area contributed by atoms with Crippen LogP contribution in [0.25, 0.3) is 0 Å². The molecule has 3 aromatic carbocycles. The zero-order valence-corrected chi connectivity index (χ0v) is 34.0. The normalized spacial score (nSPS) is 12.9. The Kier molecular flexibility index (Phi) is 19.2. The molecule has 0 saturated carbocycles. The van der Waals surface area contributed by atoms with Gasteiger partial charge < -0.3 is 26.4 Å². The fourth-order valence-electron chi connectivity index (χ4n) is 6.24. The van der Waals surface area contributed by atoms with Crippen LogP contribution in [-0.2, 0) is 48.0 Å². The van der Waals surface area contributed by atoms with E-state index in [9.17, 15) is 33.9 Å². The molecule has 3 atom stereocenters. The maximum atomic E-state index is 14.5. The summed E-state index contributed by atoms with van der Waals surface area (Å²) in [6.07, 6.45) is 3.01. The lowest BCUT2D eigenvalue weighted by molar-refractivity contribution is -0.158. The second-order valence-corrected chi connectivity index (χ2v) is 15.1. The van der Waals surface area contributed by atoms with Crippen molar-refractivity contribution < 1.29 is 33.9 Å². The van der Waals surface area contributed by atoms with E-state index in [0.29, 0.717) is 24.4 Å². The van der Waals surface area contributed by atoms with Crippen LogP contribution in [-0.4, -0.2) is 107 Å². The van der Waals surface area contributed by atoms with Crippen LogP contribution in [0.15, 0.2) is 91.0 Å². The van der Waals surface area contributed by atoms with E-state index < -0.39 is 78.8 Å². The molecule has 13 heteroatoms. The molecule has 3 aromatic rings. The van der Waals surface area contributed by atoms with Gasteiger partial charge in [0, 0.05) is 5.54 Å². The quantitative estimate of drug-likeness (QED) is 0.0895. The smallest absolute Gasteiger partial charge is 0.323 e. The first kappa shape index (κ1) is 46.1. The van der Waals surface area contributed by atoms with Crippen LogP contribution in [0.1, 0.15) is 70.6 Å². The van der Waals surface area contributed by atoms with Crippen LogP contribution >= 0.6 is 0 Å². The van der Waals surface area contributed by atoms with Crippen LogP contribution in [0.4, 0.5) is 0 Å². The van der Waals surface area contributed by atoms with Gasteiger partial charge >= 0.3 is 5.97 Å². The van der Waals surface area contributed by atoms with E-state index in [1.54, 1.807) is 0 Å². The van der Waals surface area contributed by atoms with Gasteiger partial charge in [-0.3, -0.25) is 38.6 Å². The van der Waals surface area contributed by atoms with Gasteiger partial charge in [-0.1, -0.05) is 111 Å². The third kappa shape index (κ3) is 16.4. The first-order valence-electron chi connectivity index (χ1n) is 19.8. The first-order valence-corrected chi connectivity index (χ1v) is 19.8. The molecule has 0 aliphatic rings. The Morgan fingerprint density at radius 1 is 0.596 bits per heavy atom. The third-order valence-corrected chi connectivity index (χ3v) is 9.06. The zero-order chi connectivity index (χ0) is 41.8. The molecule has 0 bridgehead atoms. The van der Waals surface area contributed by atoms with Gasteiger partial charge in [0.25, 0.3) is 0 Å². The van der Waals surface area contributed by atoms with Crippen molar-refractivity contribution in [3.8, 4) is 0 Å². The predicted octanol–water partition coefficient (Wildman–Crippen LogP) is 3.51. The van der Waals surface area contributed by atoms with E-state index in [0.717, 1.165) is 40.9 Å². The second-order valence-electron chi connectivity index (χ2n) is 15.1. The molecule has 0 heterocycles. The summed E-state index contributed by atoms with van der Waals surface area (Å²) >= 11 is 0. The maximum absolute atomic E-state index is 14.5. The van der Waals surface area contributed by atoms with Crippen LogP contribution < -0.4 is 21.3 Å². The Labute approximate surface area is 337 Å². The lowest BCUT2D eigenvalue weighted by Gasteiger charge is -2.32. The van der Waals surface area contributed by atoms with Crippen molar-refractivity contribution in [3.05, 3.63) is 108 Å². The SMILES string of the molecule is CCCCNC(Cc1ccccc1)C(=O)N(CC(=O)N(CC(=O)O)C(=O)C(Cc1ccccc1)NC(C)(C)C)C(=O)CNC(=O)C(Cc1ccccc1)NCCC. The molecular formula is C44H60N6O7. The number of hydrogen-bond acceptors (Lipinski definition) is 9. The molecule has 0 fully saturated rings. The number of rotatable bonds is 23. The van der Waals surface area contributed by atoms with Gasteiger partial charge in [-0.25, -0.2) is 0 Å². The lowest BCUT2D eigenvalue weighted by atomic mass is 10.00. The summed E-state index contributed by atoms with van der Waals surface area (Å²) in [5.74, 6) is -5.42. The maximum Gasteiger partial charge on any atom is 0.323 e. The van der Waals surface area contributed by atoms with Gasteiger partial charge in [0.1, 0.15) is 13.1 Å². The van der Waals surface area contributed by atoms with Crippen molar-refractivity contribution in [1.29, 1.82) is 0 Å². The molecule has 0 aliphatic carbocycles. The van der Waals surface area contributed by atoms with E-state index in [-0.39, 0.29) is 12.8 Å². The topological polar surface area (TPSA) is 177 Å². The highest BCUT2D eigenvalue weighted by molar-refractivity contribution is 6.06. The number of imide groups is 2. The summed E-state index contributed by atoms with van der Waals surface area (Å²) in [5, 5.41) is 22.2. The number of carboxylic acids is 1. The number of unbranched alkanes of at least 4 members (excludes halogenated alkanes) is 1. The number of nitrogens with zero attached hydrogens (tertiary/aromatic N) is 2. The fourth-order valence-corrected chi connectivity index (χ4v) is 6.24. The number of carboxylic acid groups (broad SMARTS) is 1. The predicted molar refractivity (Wildman–Crippen MR) is 220 cm³/mol. The van der Waals surface area contributed by atoms with Crippen molar-refractivity contribution in [2.45, 2.75) is 96.8 Å². The summed E-state index contributed by atoms with van der Waals surface area (Å²) in [4.78, 5) is 84.1. The van der Waals surface area contributed by atoms with E-state index in [1.165, 1.54) is 0 Å². The van der Waals surface area contributed by atoms with Crippen molar-refractivity contribution in [2.24, 2.45) is 0 Å². The van der Waals surface area contributed by atoms with Gasteiger partial charge in [-0.05, 0) is 82.7 Å². The average Bonchev–Trinajstić information content (AvgIpc) is 3.19. The number of aliphatic carboxylic acids is 1. The number of carbonyl (C=O) groups is 6. The molecule has 0 spiro atoms. The molecule has 0 radical (unpaired) electrons. The van der Waals surface area contributed by atoms with Crippen LogP contribution in [0.2, 0.25) is 0 Å². The summed E-state index contributed by atoms with van der Waals surface area (Å²) in [6.45, 7) is 7.94. The van der Waals surface area contributed by atoms with Gasteiger partial charge in [0.05, 0.1) is 24.7 Å². The minimum Gasteiger partial charge on any atom is -0.480 e. The van der Waals surface area contributed by atoms with Gasteiger partial charge in [-0.2, -0.15) is 0 Å². The van der Waals surface area contributed by atoms with Gasteiger partial charge in [0.15, 0.2) is 0 Å². The molecule has 3 rings (SSSR count). The molecule has 13 nitrogen and oxygen atoms in total. The van der Waals surface area contributed by atoms with Crippen molar-refractivity contribution in [1.82, 2.24) is 31.1 Å². The largest absolute Gasteiger partial charge is 0.480 e. The first-order chi connectivity index (χ1) is 27.2. The highest BCUT2D eigenvalue weighted by Gasteiger charge is 2.37. The summed E-state index contributed by atoms with van der Waals surface area (Å²) in [5.41, 5.74) is 1.88. The molecular weight excluding hydrogens is 725 g/mol. The van der Waals surface area contributed by atoms with E-state index in [4.69, 9.17) is 0 Å². The van der Waals surface area contributed by atoms with Crippen LogP contribution in [0.5, 0.6) is 0 Å². The van der Waals surface area contributed by atoms with Crippen molar-refractivity contribution in [3.63, 3.8) is 0 Å². The molecule has 0 aliphatic heterocycles. The van der Waals surface area contributed by atoms with E-state index in [1.807, 2.05) is 126 Å². The highest BCUT2D eigenvalue weighted by atomic mass is 16.4. The molecule has 5 N–H and O–H groups in total. The average molecular weight is 785 g/mol. The number of nitrogens with one attached hydrogen (secondary N) is 4. The zero-order valence-electron chi connectivity index (χ0n) is 34.0. The number of amides is 5. The number of carbonyl (C=O) groups excluding carboxylic acids is 5. The second kappa shape index (κ2) is 23.7. The monoisotopic (exact) mass is 784 g/mol. The summed E-state index contributed by atoms with van der Waals surface area (Å²) in [7, 11) is 0. The van der Waals surface area contributed by atoms with Gasteiger partial charge in [-0.15, -0.1) is 0 Å². The Bertz CT molecular complexity index is 1730. The fraction of sp³-hybridized carbons (Fsp3) is 0.455. The van der Waals surface area contributed by atoms with E-state index >= 15 is 0 Å². The van der Waals surface area contributed by atoms with Crippen molar-refractivity contribution >= 4 is 35.5 Å². The Balaban J connectivity index is 1.98. The Hall–Kier alpha value is -5.24. The van der Waals surface area contributed by atoms with Gasteiger partial charge in [0.2, 0.25) is 29.5 Å². The summed E-state index contributed by atoms with van der Waals surface area (Å²) in [6, 6.07) is 25.0. The lowest BCUT2D eigenvalue weighted by Crippen LogP contribution is -2.59. The Morgan fingerprint density at radius 2 is 1.05 bits per heavy atom. The minimum absolute atomic E-state index is 0.144. The summed E-state index contributed by atoms with van der Waals surface area (Å²) < 4.78 is 0. The number of hydrogen-bond donors (Lipinski definition) is 5. The van der Waals surface area contributed by atoms with Crippen LogP contribution in [0, 0.1) is 0 Å². The highest BCUT2D eigenvalue weighted by Crippen LogP contribution is 2.14. The molecule has 5 amide bonds. The van der Waals surface area contributed by atoms with Crippen LogP contribution in [0.3, 0.4) is 0 Å². The molecule has 57 heavy (non-hydrogen) atoms. The Morgan fingerprint density at radius 3 is 1.53 bits per heavy atom.